The fourth-order valence-corrected chi connectivity index (χ4v) is 3.22. The minimum Gasteiger partial charge on any atom is -0.480 e. The molecular weight excluding hydrogens is 344 g/mol. The van der Waals surface area contributed by atoms with Crippen LogP contribution >= 0.6 is 0 Å². The number of carboxylic acid groups (broad SMARTS) is 1. The van der Waals surface area contributed by atoms with Gasteiger partial charge >= 0.3 is 5.97 Å². The van der Waals surface area contributed by atoms with Crippen molar-refractivity contribution >= 4 is 23.0 Å². The maximum absolute atomic E-state index is 10.7. The standard InChI is InChI=1S/C15H22N6O5/c16-8(15(24)25)1-2-26-4-7-3-9(12(23)11(7)22)21-6-20-10-13(17)18-5-19-14(10)21/h5-9,11-12,22-23H,1-4,16H2,(H,24,25)(H2,17,18,19)/t7-,8+,9-,11-,12+/m1/s1. The lowest BCUT2D eigenvalue weighted by atomic mass is 10.1. The van der Waals surface area contributed by atoms with Crippen LogP contribution in [0.3, 0.4) is 0 Å². The molecule has 0 unspecified atom stereocenters. The molecule has 2 aromatic rings. The zero-order valence-corrected chi connectivity index (χ0v) is 14.0. The summed E-state index contributed by atoms with van der Waals surface area (Å²) in [6.45, 7) is 0.347. The summed E-state index contributed by atoms with van der Waals surface area (Å²) in [7, 11) is 0. The average Bonchev–Trinajstić information content (AvgIpc) is 3.15. The van der Waals surface area contributed by atoms with Gasteiger partial charge in [0.1, 0.15) is 24.0 Å². The number of aromatic nitrogens is 4. The Morgan fingerprint density at radius 1 is 1.35 bits per heavy atom. The second kappa shape index (κ2) is 7.50. The van der Waals surface area contributed by atoms with Crippen LogP contribution in [0.4, 0.5) is 5.82 Å². The number of hydrogen-bond acceptors (Lipinski definition) is 9. The first-order valence-corrected chi connectivity index (χ1v) is 8.25. The summed E-state index contributed by atoms with van der Waals surface area (Å²) in [5.41, 5.74) is 12.1. The van der Waals surface area contributed by atoms with Gasteiger partial charge in [-0.2, -0.15) is 0 Å². The smallest absolute Gasteiger partial charge is 0.320 e. The van der Waals surface area contributed by atoms with Crippen molar-refractivity contribution in [2.24, 2.45) is 11.7 Å². The van der Waals surface area contributed by atoms with E-state index >= 15 is 0 Å². The number of fused-ring (bicyclic) bond motifs is 1. The third kappa shape index (κ3) is 3.46. The highest BCUT2D eigenvalue weighted by Gasteiger charge is 2.43. The summed E-state index contributed by atoms with van der Waals surface area (Å²) in [5, 5.41) is 29.5. The lowest BCUT2D eigenvalue weighted by Crippen LogP contribution is -2.32. The van der Waals surface area contributed by atoms with Crippen molar-refractivity contribution in [3.63, 3.8) is 0 Å². The number of nitrogen functional groups attached to an aromatic ring is 1. The molecule has 26 heavy (non-hydrogen) atoms. The van der Waals surface area contributed by atoms with E-state index in [4.69, 9.17) is 21.3 Å². The summed E-state index contributed by atoms with van der Waals surface area (Å²) in [4.78, 5) is 22.9. The molecule has 2 aromatic heterocycles. The molecule has 7 N–H and O–H groups in total. The number of nitrogens with two attached hydrogens (primary N) is 2. The Morgan fingerprint density at radius 3 is 2.85 bits per heavy atom. The van der Waals surface area contributed by atoms with Crippen molar-refractivity contribution in [2.45, 2.75) is 37.1 Å². The minimum absolute atomic E-state index is 0.162. The lowest BCUT2D eigenvalue weighted by molar-refractivity contribution is -0.139. The molecule has 1 aliphatic carbocycles. The molecule has 0 saturated heterocycles. The van der Waals surface area contributed by atoms with E-state index in [0.29, 0.717) is 17.6 Å². The van der Waals surface area contributed by atoms with Crippen LogP contribution in [0.2, 0.25) is 0 Å². The second-order valence-corrected chi connectivity index (χ2v) is 6.44. The van der Waals surface area contributed by atoms with E-state index in [1.165, 1.54) is 12.7 Å². The number of anilines is 1. The topological polar surface area (TPSA) is 183 Å². The summed E-state index contributed by atoms with van der Waals surface area (Å²) in [6, 6.07) is -1.41. The van der Waals surface area contributed by atoms with Gasteiger partial charge < -0.3 is 36.1 Å². The van der Waals surface area contributed by atoms with E-state index in [1.807, 2.05) is 0 Å². The molecule has 1 aliphatic rings. The maximum Gasteiger partial charge on any atom is 0.320 e. The molecule has 2 heterocycles. The lowest BCUT2D eigenvalue weighted by Gasteiger charge is -2.18. The number of nitrogens with zero attached hydrogens (tertiary/aromatic N) is 4. The summed E-state index contributed by atoms with van der Waals surface area (Å²) >= 11 is 0. The summed E-state index contributed by atoms with van der Waals surface area (Å²) in [5.74, 6) is -1.15. The molecule has 0 spiro atoms. The van der Waals surface area contributed by atoms with Gasteiger partial charge in [-0.1, -0.05) is 0 Å². The molecule has 0 aliphatic heterocycles. The Balaban J connectivity index is 1.64. The summed E-state index contributed by atoms with van der Waals surface area (Å²) in [6.07, 6.45) is 1.46. The Labute approximate surface area is 148 Å². The minimum atomic E-state index is -1.08. The quantitative estimate of drug-likeness (QED) is 0.362. The number of hydrogen-bond donors (Lipinski definition) is 5. The molecule has 0 aromatic carbocycles. The van der Waals surface area contributed by atoms with Gasteiger partial charge in [0.2, 0.25) is 0 Å². The Hall–Kier alpha value is -2.34. The number of aliphatic carboxylic acids is 1. The van der Waals surface area contributed by atoms with Gasteiger partial charge in [-0.05, 0) is 12.8 Å². The number of ether oxygens (including phenoxy) is 1. The molecule has 5 atom stereocenters. The molecule has 1 fully saturated rings. The van der Waals surface area contributed by atoms with Gasteiger partial charge in [0.05, 0.1) is 25.1 Å². The zero-order chi connectivity index (χ0) is 18.8. The van der Waals surface area contributed by atoms with E-state index in [1.54, 1.807) is 4.57 Å². The van der Waals surface area contributed by atoms with Crippen molar-refractivity contribution in [2.75, 3.05) is 18.9 Å². The second-order valence-electron chi connectivity index (χ2n) is 6.44. The first-order valence-electron chi connectivity index (χ1n) is 8.25. The van der Waals surface area contributed by atoms with Crippen LogP contribution in [-0.2, 0) is 9.53 Å². The number of carboxylic acids is 1. The third-order valence-electron chi connectivity index (χ3n) is 4.74. The SMILES string of the molecule is Nc1ncnc2c1ncn2[C@@H]1C[C@H](COCC[C@H](N)C(=O)O)[C@@H](O)[C@H]1O. The maximum atomic E-state index is 10.7. The zero-order valence-electron chi connectivity index (χ0n) is 14.0. The fourth-order valence-electron chi connectivity index (χ4n) is 3.22. The number of aliphatic hydroxyl groups excluding tert-OH is 2. The number of imidazole rings is 1. The van der Waals surface area contributed by atoms with Crippen molar-refractivity contribution in [1.82, 2.24) is 19.5 Å². The van der Waals surface area contributed by atoms with Crippen LogP contribution in [0.25, 0.3) is 11.2 Å². The normalized spacial score (nSPS) is 27.0. The Bertz CT molecular complexity index is 783. The van der Waals surface area contributed by atoms with Crippen molar-refractivity contribution in [1.29, 1.82) is 0 Å². The van der Waals surface area contributed by atoms with Crippen LogP contribution in [0.1, 0.15) is 18.9 Å². The molecule has 0 radical (unpaired) electrons. The van der Waals surface area contributed by atoms with Crippen LogP contribution in [0, 0.1) is 5.92 Å². The molecule has 11 nitrogen and oxygen atoms in total. The van der Waals surface area contributed by atoms with Gasteiger partial charge in [0.25, 0.3) is 0 Å². The van der Waals surface area contributed by atoms with Crippen LogP contribution in [0.5, 0.6) is 0 Å². The molecule has 142 valence electrons. The van der Waals surface area contributed by atoms with Crippen molar-refractivity contribution in [3.8, 4) is 0 Å². The average molecular weight is 366 g/mol. The predicted octanol–water partition coefficient (Wildman–Crippen LogP) is -1.49. The molecule has 0 bridgehead atoms. The number of rotatable bonds is 7. The molecule has 11 heteroatoms. The van der Waals surface area contributed by atoms with Gasteiger partial charge in [-0.3, -0.25) is 4.79 Å². The van der Waals surface area contributed by atoms with Gasteiger partial charge in [-0.25, -0.2) is 15.0 Å². The Kier molecular flexibility index (Phi) is 5.32. The van der Waals surface area contributed by atoms with E-state index in [-0.39, 0.29) is 31.4 Å². The van der Waals surface area contributed by atoms with Gasteiger partial charge in [0, 0.05) is 12.5 Å². The fraction of sp³-hybridized carbons (Fsp3) is 0.600. The predicted molar refractivity (Wildman–Crippen MR) is 89.9 cm³/mol. The van der Waals surface area contributed by atoms with Crippen molar-refractivity contribution in [3.05, 3.63) is 12.7 Å². The highest BCUT2D eigenvalue weighted by atomic mass is 16.5. The van der Waals surface area contributed by atoms with Gasteiger partial charge in [-0.15, -0.1) is 0 Å². The third-order valence-corrected chi connectivity index (χ3v) is 4.74. The van der Waals surface area contributed by atoms with Crippen LogP contribution < -0.4 is 11.5 Å². The molecule has 3 rings (SSSR count). The highest BCUT2D eigenvalue weighted by Crippen LogP contribution is 2.37. The Morgan fingerprint density at radius 2 is 2.12 bits per heavy atom. The summed E-state index contributed by atoms with van der Waals surface area (Å²) < 4.78 is 7.13. The molecular formula is C15H22N6O5. The first kappa shape index (κ1) is 18.5. The molecule has 0 amide bonds. The van der Waals surface area contributed by atoms with Gasteiger partial charge in [0.15, 0.2) is 11.5 Å². The van der Waals surface area contributed by atoms with Crippen LogP contribution in [0.15, 0.2) is 12.7 Å². The molecule has 1 saturated carbocycles. The first-order chi connectivity index (χ1) is 12.4. The monoisotopic (exact) mass is 366 g/mol. The van der Waals surface area contributed by atoms with Crippen molar-refractivity contribution < 1.29 is 24.9 Å². The highest BCUT2D eigenvalue weighted by molar-refractivity contribution is 5.81. The van der Waals surface area contributed by atoms with E-state index < -0.39 is 30.3 Å². The largest absolute Gasteiger partial charge is 0.480 e. The van der Waals surface area contributed by atoms with E-state index in [0.717, 1.165) is 0 Å². The number of aliphatic hydroxyl groups is 2. The number of carbonyl (C=O) groups is 1. The van der Waals surface area contributed by atoms with E-state index in [2.05, 4.69) is 15.0 Å². The van der Waals surface area contributed by atoms with E-state index in [9.17, 15) is 15.0 Å². The van der Waals surface area contributed by atoms with Crippen LogP contribution in [-0.4, -0.2) is 72.3 Å².